The third-order valence-corrected chi connectivity index (χ3v) is 2.83. The van der Waals surface area contributed by atoms with Gasteiger partial charge in [-0.05, 0) is 37.5 Å². The molecule has 0 saturated carbocycles. The van der Waals surface area contributed by atoms with Gasteiger partial charge in [0.15, 0.2) is 6.10 Å². The van der Waals surface area contributed by atoms with Crippen molar-refractivity contribution in [3.8, 4) is 5.75 Å². The number of carboxylic acid groups (broad SMARTS) is 1. The van der Waals surface area contributed by atoms with Gasteiger partial charge in [-0.3, -0.25) is 9.59 Å². The van der Waals surface area contributed by atoms with E-state index in [1.54, 1.807) is 13.0 Å². The molecule has 0 saturated heterocycles. The van der Waals surface area contributed by atoms with Crippen molar-refractivity contribution in [1.82, 2.24) is 0 Å². The van der Waals surface area contributed by atoms with E-state index in [1.807, 2.05) is 12.1 Å². The van der Waals surface area contributed by atoms with Gasteiger partial charge in [0.2, 0.25) is 0 Å². The van der Waals surface area contributed by atoms with Crippen LogP contribution >= 0.6 is 0 Å². The van der Waals surface area contributed by atoms with E-state index in [4.69, 9.17) is 9.84 Å². The second-order valence-corrected chi connectivity index (χ2v) is 4.33. The van der Waals surface area contributed by atoms with Crippen LogP contribution < -0.4 is 10.1 Å². The van der Waals surface area contributed by atoms with Crippen LogP contribution in [0.1, 0.15) is 25.3 Å². The van der Waals surface area contributed by atoms with Crippen LogP contribution in [0.3, 0.4) is 0 Å². The van der Waals surface area contributed by atoms with Crippen molar-refractivity contribution in [3.63, 3.8) is 0 Å². The molecule has 0 radical (unpaired) electrons. The Labute approximate surface area is 105 Å². The lowest BCUT2D eigenvalue weighted by atomic mass is 10.1. The van der Waals surface area contributed by atoms with Gasteiger partial charge >= 0.3 is 5.97 Å². The molecule has 5 nitrogen and oxygen atoms in total. The van der Waals surface area contributed by atoms with Gasteiger partial charge in [-0.1, -0.05) is 6.07 Å². The first kappa shape index (κ1) is 12.4. The zero-order chi connectivity index (χ0) is 13.1. The lowest BCUT2D eigenvalue weighted by molar-refractivity contribution is -0.137. The number of nitrogens with one attached hydrogen (secondary N) is 1. The van der Waals surface area contributed by atoms with Gasteiger partial charge in [0, 0.05) is 6.42 Å². The van der Waals surface area contributed by atoms with Crippen molar-refractivity contribution < 1.29 is 19.4 Å². The summed E-state index contributed by atoms with van der Waals surface area (Å²) in [6.07, 6.45) is 0.943. The van der Waals surface area contributed by atoms with E-state index in [9.17, 15) is 9.59 Å². The minimum absolute atomic E-state index is 0.152. The van der Waals surface area contributed by atoms with Gasteiger partial charge in [0.25, 0.3) is 5.91 Å². The Morgan fingerprint density at radius 2 is 2.28 bits per heavy atom. The average molecular weight is 249 g/mol. The van der Waals surface area contributed by atoms with Crippen LogP contribution in [0.15, 0.2) is 18.2 Å². The molecule has 1 aromatic carbocycles. The van der Waals surface area contributed by atoms with E-state index in [1.165, 1.54) is 0 Å². The van der Waals surface area contributed by atoms with E-state index in [0.717, 1.165) is 5.56 Å². The highest BCUT2D eigenvalue weighted by molar-refractivity contribution is 5.97. The maximum Gasteiger partial charge on any atom is 0.303 e. The van der Waals surface area contributed by atoms with Crippen LogP contribution in [-0.2, 0) is 16.0 Å². The summed E-state index contributed by atoms with van der Waals surface area (Å²) >= 11 is 0. The predicted molar refractivity (Wildman–Crippen MR) is 65.7 cm³/mol. The van der Waals surface area contributed by atoms with Crippen LogP contribution in [0, 0.1) is 0 Å². The molecular weight excluding hydrogens is 234 g/mol. The monoisotopic (exact) mass is 249 g/mol. The third-order valence-electron chi connectivity index (χ3n) is 2.83. The Balaban J connectivity index is 2.05. The number of aryl methyl sites for hydroxylation is 1. The van der Waals surface area contributed by atoms with Crippen LogP contribution in [0.2, 0.25) is 0 Å². The highest BCUT2D eigenvalue weighted by atomic mass is 16.5. The molecule has 1 aromatic rings. The topological polar surface area (TPSA) is 75.6 Å². The van der Waals surface area contributed by atoms with Crippen LogP contribution in [0.5, 0.6) is 5.75 Å². The normalized spacial score (nSPS) is 17.6. The van der Waals surface area contributed by atoms with Gasteiger partial charge in [-0.15, -0.1) is 0 Å². The van der Waals surface area contributed by atoms with E-state index >= 15 is 0 Å². The first-order valence-electron chi connectivity index (χ1n) is 5.88. The minimum Gasteiger partial charge on any atom is -0.481 e. The van der Waals surface area contributed by atoms with Crippen LogP contribution in [0.4, 0.5) is 5.69 Å². The number of ether oxygens (including phenoxy) is 1. The lowest BCUT2D eigenvalue weighted by Crippen LogP contribution is -2.34. The molecule has 1 unspecified atom stereocenters. The first-order valence-corrected chi connectivity index (χ1v) is 5.88. The maximum atomic E-state index is 11.4. The van der Waals surface area contributed by atoms with Crippen molar-refractivity contribution in [2.75, 3.05) is 5.32 Å². The molecular formula is C13H15NO4. The molecule has 2 N–H and O–H groups in total. The van der Waals surface area contributed by atoms with Gasteiger partial charge in [0.05, 0.1) is 5.69 Å². The zero-order valence-corrected chi connectivity index (χ0v) is 10.1. The Bertz CT molecular complexity index is 484. The smallest absolute Gasteiger partial charge is 0.303 e. The summed E-state index contributed by atoms with van der Waals surface area (Å²) < 4.78 is 5.48. The molecule has 1 atom stereocenters. The van der Waals surface area contributed by atoms with Crippen molar-refractivity contribution in [1.29, 1.82) is 0 Å². The SMILES string of the molecule is CC1Oc2cc(CCCC(=O)O)ccc2NC1=O. The Kier molecular flexibility index (Phi) is 3.50. The van der Waals surface area contributed by atoms with Crippen molar-refractivity contribution in [3.05, 3.63) is 23.8 Å². The van der Waals surface area contributed by atoms with Gasteiger partial charge < -0.3 is 15.2 Å². The van der Waals surface area contributed by atoms with Crippen LogP contribution in [0.25, 0.3) is 0 Å². The first-order chi connectivity index (χ1) is 8.56. The fraction of sp³-hybridized carbons (Fsp3) is 0.385. The van der Waals surface area contributed by atoms with E-state index in [-0.39, 0.29) is 12.3 Å². The van der Waals surface area contributed by atoms with Gasteiger partial charge in [0.1, 0.15) is 5.75 Å². The van der Waals surface area contributed by atoms with Gasteiger partial charge in [-0.2, -0.15) is 0 Å². The molecule has 1 aliphatic heterocycles. The second-order valence-electron chi connectivity index (χ2n) is 4.33. The Morgan fingerprint density at radius 3 is 3.00 bits per heavy atom. The van der Waals surface area contributed by atoms with Crippen molar-refractivity contribution in [2.45, 2.75) is 32.3 Å². The number of carbonyl (C=O) groups excluding carboxylic acids is 1. The standard InChI is InChI=1S/C13H15NO4/c1-8-13(17)14-10-6-5-9(7-11(10)18-8)3-2-4-12(15)16/h5-8H,2-4H2,1H3,(H,14,17)(H,15,16). The fourth-order valence-corrected chi connectivity index (χ4v) is 1.85. The predicted octanol–water partition coefficient (Wildman–Crippen LogP) is 1.81. The molecule has 0 spiro atoms. The number of anilines is 1. The van der Waals surface area contributed by atoms with Crippen LogP contribution in [-0.4, -0.2) is 23.1 Å². The highest BCUT2D eigenvalue weighted by Crippen LogP contribution is 2.30. The molecule has 0 fully saturated rings. The minimum atomic E-state index is -0.787. The van der Waals surface area contributed by atoms with E-state index < -0.39 is 12.1 Å². The molecule has 1 heterocycles. The summed E-state index contributed by atoms with van der Waals surface area (Å²) in [5.41, 5.74) is 1.68. The zero-order valence-electron chi connectivity index (χ0n) is 10.1. The number of aliphatic carboxylic acids is 1. The molecule has 1 aliphatic rings. The molecule has 18 heavy (non-hydrogen) atoms. The molecule has 0 aliphatic carbocycles. The molecule has 5 heteroatoms. The highest BCUT2D eigenvalue weighted by Gasteiger charge is 2.23. The second kappa shape index (κ2) is 5.08. The number of carboxylic acids is 1. The number of benzene rings is 1. The quantitative estimate of drug-likeness (QED) is 0.853. The molecule has 1 amide bonds. The fourth-order valence-electron chi connectivity index (χ4n) is 1.85. The number of amides is 1. The molecule has 2 rings (SSSR count). The number of hydrogen-bond donors (Lipinski definition) is 2. The Morgan fingerprint density at radius 1 is 1.50 bits per heavy atom. The number of rotatable bonds is 4. The summed E-state index contributed by atoms with van der Waals surface area (Å²) in [7, 11) is 0. The van der Waals surface area contributed by atoms with Crippen molar-refractivity contribution in [2.24, 2.45) is 0 Å². The molecule has 0 aromatic heterocycles. The number of carbonyl (C=O) groups is 2. The van der Waals surface area contributed by atoms with Gasteiger partial charge in [-0.25, -0.2) is 0 Å². The third kappa shape index (κ3) is 2.80. The van der Waals surface area contributed by atoms with Crippen molar-refractivity contribution >= 4 is 17.6 Å². The van der Waals surface area contributed by atoms with E-state index in [0.29, 0.717) is 24.3 Å². The number of fused-ring (bicyclic) bond motifs is 1. The summed E-state index contributed by atoms with van der Waals surface area (Å²) in [6.45, 7) is 1.69. The summed E-state index contributed by atoms with van der Waals surface area (Å²) in [5.74, 6) is -0.291. The molecule has 0 bridgehead atoms. The maximum absolute atomic E-state index is 11.4. The largest absolute Gasteiger partial charge is 0.481 e. The lowest BCUT2D eigenvalue weighted by Gasteiger charge is -2.23. The summed E-state index contributed by atoms with van der Waals surface area (Å²) in [6, 6.07) is 5.52. The summed E-state index contributed by atoms with van der Waals surface area (Å²) in [5, 5.41) is 11.3. The summed E-state index contributed by atoms with van der Waals surface area (Å²) in [4.78, 5) is 21.8. The number of hydrogen-bond acceptors (Lipinski definition) is 3. The average Bonchev–Trinajstić information content (AvgIpc) is 2.30. The molecule has 96 valence electrons. The Hall–Kier alpha value is -2.04. The van der Waals surface area contributed by atoms with E-state index in [2.05, 4.69) is 5.32 Å².